The van der Waals surface area contributed by atoms with Gasteiger partial charge in [0.2, 0.25) is 5.91 Å². The van der Waals surface area contributed by atoms with E-state index in [4.69, 9.17) is 9.84 Å². The first-order valence-electron chi connectivity index (χ1n) is 7.29. The SMILES string of the molecule is CC1CCC(C(=O)NC(CCC(=O)O)c2ccccc2)O1. The van der Waals surface area contributed by atoms with E-state index in [1.807, 2.05) is 37.3 Å². The number of nitrogens with one attached hydrogen (secondary N) is 1. The molecule has 0 bridgehead atoms. The Hall–Kier alpha value is -1.88. The number of carboxylic acid groups (broad SMARTS) is 1. The summed E-state index contributed by atoms with van der Waals surface area (Å²) in [7, 11) is 0. The van der Waals surface area contributed by atoms with E-state index in [0.29, 0.717) is 12.8 Å². The third-order valence-electron chi connectivity index (χ3n) is 3.69. The molecule has 1 aromatic carbocycles. The van der Waals surface area contributed by atoms with E-state index in [9.17, 15) is 9.59 Å². The minimum atomic E-state index is -0.865. The minimum absolute atomic E-state index is 0.0156. The first kappa shape index (κ1) is 15.5. The molecular formula is C16H21NO4. The number of benzene rings is 1. The maximum Gasteiger partial charge on any atom is 0.303 e. The summed E-state index contributed by atoms with van der Waals surface area (Å²) in [6, 6.07) is 9.14. The third kappa shape index (κ3) is 4.56. The molecule has 1 aromatic rings. The van der Waals surface area contributed by atoms with Crippen LogP contribution in [0.5, 0.6) is 0 Å². The van der Waals surface area contributed by atoms with Gasteiger partial charge in [0, 0.05) is 6.42 Å². The van der Waals surface area contributed by atoms with Gasteiger partial charge in [-0.25, -0.2) is 0 Å². The monoisotopic (exact) mass is 291 g/mol. The second kappa shape index (κ2) is 7.22. The van der Waals surface area contributed by atoms with Gasteiger partial charge in [-0.3, -0.25) is 9.59 Å². The van der Waals surface area contributed by atoms with Crippen molar-refractivity contribution in [3.8, 4) is 0 Å². The number of rotatable bonds is 6. The number of carboxylic acids is 1. The highest BCUT2D eigenvalue weighted by Gasteiger charge is 2.29. The molecule has 0 aliphatic carbocycles. The van der Waals surface area contributed by atoms with Gasteiger partial charge in [0.25, 0.3) is 0 Å². The lowest BCUT2D eigenvalue weighted by molar-refractivity contribution is -0.138. The van der Waals surface area contributed by atoms with Crippen LogP contribution in [-0.4, -0.2) is 29.2 Å². The van der Waals surface area contributed by atoms with Crippen LogP contribution < -0.4 is 5.32 Å². The van der Waals surface area contributed by atoms with Crippen molar-refractivity contribution in [1.82, 2.24) is 5.32 Å². The average molecular weight is 291 g/mol. The molecule has 114 valence electrons. The number of carbonyl (C=O) groups excluding carboxylic acids is 1. The molecule has 5 heteroatoms. The lowest BCUT2D eigenvalue weighted by Gasteiger charge is -2.21. The number of carbonyl (C=O) groups is 2. The first-order valence-corrected chi connectivity index (χ1v) is 7.29. The van der Waals surface area contributed by atoms with Gasteiger partial charge in [-0.2, -0.15) is 0 Å². The zero-order chi connectivity index (χ0) is 15.2. The fraction of sp³-hybridized carbons (Fsp3) is 0.500. The van der Waals surface area contributed by atoms with Crippen LogP contribution in [-0.2, 0) is 14.3 Å². The molecule has 5 nitrogen and oxygen atoms in total. The highest BCUT2D eigenvalue weighted by atomic mass is 16.5. The molecule has 1 aliphatic rings. The number of aliphatic carboxylic acids is 1. The van der Waals surface area contributed by atoms with Crippen LogP contribution in [0.4, 0.5) is 0 Å². The molecule has 1 aliphatic heterocycles. The largest absolute Gasteiger partial charge is 0.481 e. The van der Waals surface area contributed by atoms with E-state index >= 15 is 0 Å². The maximum atomic E-state index is 12.2. The number of ether oxygens (including phenoxy) is 1. The predicted octanol–water partition coefficient (Wildman–Crippen LogP) is 2.28. The Kier molecular flexibility index (Phi) is 5.33. The van der Waals surface area contributed by atoms with Gasteiger partial charge >= 0.3 is 5.97 Å². The number of amides is 1. The van der Waals surface area contributed by atoms with E-state index in [1.54, 1.807) is 0 Å². The minimum Gasteiger partial charge on any atom is -0.481 e. The quantitative estimate of drug-likeness (QED) is 0.843. The highest BCUT2D eigenvalue weighted by Crippen LogP contribution is 2.22. The lowest BCUT2D eigenvalue weighted by atomic mass is 10.0. The summed E-state index contributed by atoms with van der Waals surface area (Å²) < 4.78 is 5.56. The standard InChI is InChI=1S/C16H21NO4/c1-11-7-9-14(21-11)16(20)17-13(8-10-15(18)19)12-5-3-2-4-6-12/h2-6,11,13-14H,7-10H2,1H3,(H,17,20)(H,18,19). The van der Waals surface area contributed by atoms with Gasteiger partial charge < -0.3 is 15.2 Å². The van der Waals surface area contributed by atoms with Crippen molar-refractivity contribution < 1.29 is 19.4 Å². The molecule has 0 radical (unpaired) electrons. The molecule has 0 aromatic heterocycles. The summed E-state index contributed by atoms with van der Waals surface area (Å²) in [5.41, 5.74) is 0.915. The smallest absolute Gasteiger partial charge is 0.303 e. The lowest BCUT2D eigenvalue weighted by Crippen LogP contribution is -2.37. The van der Waals surface area contributed by atoms with E-state index < -0.39 is 12.1 Å². The summed E-state index contributed by atoms with van der Waals surface area (Å²) in [5.74, 6) is -1.02. The second-order valence-electron chi connectivity index (χ2n) is 5.42. The van der Waals surface area contributed by atoms with E-state index in [1.165, 1.54) is 0 Å². The van der Waals surface area contributed by atoms with Crippen LogP contribution in [0.1, 0.15) is 44.2 Å². The maximum absolute atomic E-state index is 12.2. The summed E-state index contributed by atoms with van der Waals surface area (Å²) in [4.78, 5) is 23.0. The first-order chi connectivity index (χ1) is 10.1. The molecule has 0 spiro atoms. The Morgan fingerprint density at radius 2 is 2.05 bits per heavy atom. The van der Waals surface area contributed by atoms with Crippen LogP contribution in [0.3, 0.4) is 0 Å². The molecule has 1 fully saturated rings. The van der Waals surface area contributed by atoms with Crippen molar-refractivity contribution in [3.63, 3.8) is 0 Å². The van der Waals surface area contributed by atoms with Crippen molar-refractivity contribution in [3.05, 3.63) is 35.9 Å². The van der Waals surface area contributed by atoms with Gasteiger partial charge in [-0.05, 0) is 31.7 Å². The molecular weight excluding hydrogens is 270 g/mol. The molecule has 1 heterocycles. The summed E-state index contributed by atoms with van der Waals surface area (Å²) >= 11 is 0. The van der Waals surface area contributed by atoms with Gasteiger partial charge in [-0.1, -0.05) is 30.3 Å². The summed E-state index contributed by atoms with van der Waals surface area (Å²) in [6.07, 6.45) is 1.66. The van der Waals surface area contributed by atoms with Crippen LogP contribution in [0.15, 0.2) is 30.3 Å². The normalized spacial score (nSPS) is 22.7. The summed E-state index contributed by atoms with van der Waals surface area (Å²) in [6.45, 7) is 1.95. The second-order valence-corrected chi connectivity index (χ2v) is 5.42. The fourth-order valence-electron chi connectivity index (χ4n) is 2.54. The molecule has 2 N–H and O–H groups in total. The van der Waals surface area contributed by atoms with E-state index in [2.05, 4.69) is 5.32 Å². The number of hydrogen-bond donors (Lipinski definition) is 2. The Bertz CT molecular complexity index is 488. The zero-order valence-electron chi connectivity index (χ0n) is 12.1. The van der Waals surface area contributed by atoms with Crippen molar-refractivity contribution in [2.24, 2.45) is 0 Å². The molecule has 2 rings (SSSR count). The Balaban J connectivity index is 2.01. The molecule has 3 atom stereocenters. The van der Waals surface area contributed by atoms with Crippen LogP contribution in [0.25, 0.3) is 0 Å². The van der Waals surface area contributed by atoms with Crippen molar-refractivity contribution in [2.45, 2.75) is 50.9 Å². The van der Waals surface area contributed by atoms with Crippen LogP contribution in [0.2, 0.25) is 0 Å². The summed E-state index contributed by atoms with van der Waals surface area (Å²) in [5, 5.41) is 11.8. The van der Waals surface area contributed by atoms with Crippen molar-refractivity contribution >= 4 is 11.9 Å². The van der Waals surface area contributed by atoms with Crippen molar-refractivity contribution in [1.29, 1.82) is 0 Å². The van der Waals surface area contributed by atoms with Gasteiger partial charge in [0.15, 0.2) is 0 Å². The number of hydrogen-bond acceptors (Lipinski definition) is 3. The molecule has 1 amide bonds. The third-order valence-corrected chi connectivity index (χ3v) is 3.69. The zero-order valence-corrected chi connectivity index (χ0v) is 12.1. The van der Waals surface area contributed by atoms with Crippen LogP contribution in [0, 0.1) is 0 Å². The Labute approximate surface area is 124 Å². The van der Waals surface area contributed by atoms with Gasteiger partial charge in [-0.15, -0.1) is 0 Å². The van der Waals surface area contributed by atoms with Crippen molar-refractivity contribution in [2.75, 3.05) is 0 Å². The highest BCUT2D eigenvalue weighted by molar-refractivity contribution is 5.81. The molecule has 0 saturated carbocycles. The topological polar surface area (TPSA) is 75.6 Å². The van der Waals surface area contributed by atoms with Gasteiger partial charge in [0.05, 0.1) is 12.1 Å². The Morgan fingerprint density at radius 1 is 1.33 bits per heavy atom. The fourth-order valence-corrected chi connectivity index (χ4v) is 2.54. The van der Waals surface area contributed by atoms with E-state index in [0.717, 1.165) is 12.0 Å². The predicted molar refractivity (Wildman–Crippen MR) is 77.8 cm³/mol. The Morgan fingerprint density at radius 3 is 2.62 bits per heavy atom. The van der Waals surface area contributed by atoms with Crippen LogP contribution >= 0.6 is 0 Å². The van der Waals surface area contributed by atoms with Gasteiger partial charge in [0.1, 0.15) is 6.10 Å². The molecule has 1 saturated heterocycles. The molecule has 21 heavy (non-hydrogen) atoms. The average Bonchev–Trinajstić information content (AvgIpc) is 2.90. The molecule has 3 unspecified atom stereocenters. The van der Waals surface area contributed by atoms with E-state index in [-0.39, 0.29) is 24.5 Å².